The third-order valence-corrected chi connectivity index (χ3v) is 3.00. The monoisotopic (exact) mass is 242 g/mol. The van der Waals surface area contributed by atoms with Crippen LogP contribution in [0.5, 0.6) is 0 Å². The maximum Gasteiger partial charge on any atom is 0.129 e. The molecular formula is C11H15ClN2O2. The lowest BCUT2D eigenvalue weighted by atomic mass is 10.0. The second-order valence-corrected chi connectivity index (χ2v) is 4.32. The minimum Gasteiger partial charge on any atom is -0.390 e. The first-order chi connectivity index (χ1) is 7.72. The number of nitrogens with zero attached hydrogens (tertiary/aromatic N) is 1. The molecule has 1 aliphatic heterocycles. The van der Waals surface area contributed by atoms with Gasteiger partial charge in [-0.2, -0.15) is 0 Å². The SMILES string of the molecule is OC(CCCl)C(O)c1cnc2c(c1)CCN2. The van der Waals surface area contributed by atoms with Gasteiger partial charge in [0.05, 0.1) is 6.10 Å². The Kier molecular flexibility index (Phi) is 3.63. The van der Waals surface area contributed by atoms with Gasteiger partial charge in [-0.25, -0.2) is 4.98 Å². The molecule has 88 valence electrons. The zero-order valence-electron chi connectivity index (χ0n) is 8.86. The molecule has 0 radical (unpaired) electrons. The molecule has 2 rings (SSSR count). The third kappa shape index (κ3) is 2.29. The quantitative estimate of drug-likeness (QED) is 0.692. The van der Waals surface area contributed by atoms with Gasteiger partial charge in [-0.1, -0.05) is 0 Å². The zero-order chi connectivity index (χ0) is 11.5. The second-order valence-electron chi connectivity index (χ2n) is 3.94. The highest BCUT2D eigenvalue weighted by molar-refractivity contribution is 6.17. The van der Waals surface area contributed by atoms with Crippen molar-refractivity contribution in [2.45, 2.75) is 25.0 Å². The number of aromatic nitrogens is 1. The highest BCUT2D eigenvalue weighted by Gasteiger charge is 2.20. The molecule has 2 heterocycles. The lowest BCUT2D eigenvalue weighted by Crippen LogP contribution is -2.19. The summed E-state index contributed by atoms with van der Waals surface area (Å²) in [6.07, 6.45) is 1.15. The molecule has 0 saturated carbocycles. The van der Waals surface area contributed by atoms with E-state index < -0.39 is 12.2 Å². The largest absolute Gasteiger partial charge is 0.390 e. The fourth-order valence-corrected chi connectivity index (χ4v) is 2.07. The van der Waals surface area contributed by atoms with Crippen LogP contribution in [0.2, 0.25) is 0 Å². The molecule has 3 N–H and O–H groups in total. The maximum absolute atomic E-state index is 9.88. The van der Waals surface area contributed by atoms with Crippen molar-refractivity contribution >= 4 is 17.4 Å². The fraction of sp³-hybridized carbons (Fsp3) is 0.545. The predicted molar refractivity (Wildman–Crippen MR) is 62.7 cm³/mol. The molecule has 1 aromatic rings. The number of rotatable bonds is 4. The van der Waals surface area contributed by atoms with Gasteiger partial charge >= 0.3 is 0 Å². The van der Waals surface area contributed by atoms with Gasteiger partial charge in [-0.3, -0.25) is 0 Å². The number of alkyl halides is 1. The van der Waals surface area contributed by atoms with E-state index >= 15 is 0 Å². The molecular weight excluding hydrogens is 228 g/mol. The Morgan fingerprint density at radius 2 is 2.31 bits per heavy atom. The van der Waals surface area contributed by atoms with Crippen LogP contribution in [0, 0.1) is 0 Å². The maximum atomic E-state index is 9.88. The van der Waals surface area contributed by atoms with Crippen molar-refractivity contribution in [3.63, 3.8) is 0 Å². The van der Waals surface area contributed by atoms with Gasteiger partial charge in [-0.05, 0) is 24.5 Å². The summed E-state index contributed by atoms with van der Waals surface area (Å²) in [4.78, 5) is 4.21. The van der Waals surface area contributed by atoms with Gasteiger partial charge in [0.2, 0.25) is 0 Å². The second kappa shape index (κ2) is 4.99. The normalized spacial score (nSPS) is 17.7. The van der Waals surface area contributed by atoms with Crippen molar-refractivity contribution in [3.05, 3.63) is 23.4 Å². The minimum absolute atomic E-state index is 0.331. The number of fused-ring (bicyclic) bond motifs is 1. The summed E-state index contributed by atoms with van der Waals surface area (Å²) >= 11 is 5.52. The van der Waals surface area contributed by atoms with Crippen LogP contribution in [-0.4, -0.2) is 33.7 Å². The van der Waals surface area contributed by atoms with Crippen molar-refractivity contribution in [3.8, 4) is 0 Å². The van der Waals surface area contributed by atoms with Gasteiger partial charge in [0, 0.05) is 24.2 Å². The number of aliphatic hydroxyl groups excluding tert-OH is 2. The van der Waals surface area contributed by atoms with E-state index in [-0.39, 0.29) is 0 Å². The van der Waals surface area contributed by atoms with Crippen molar-refractivity contribution in [2.24, 2.45) is 0 Å². The fourth-order valence-electron chi connectivity index (χ4n) is 1.85. The van der Waals surface area contributed by atoms with E-state index in [2.05, 4.69) is 10.3 Å². The molecule has 0 saturated heterocycles. The van der Waals surface area contributed by atoms with Gasteiger partial charge < -0.3 is 15.5 Å². The van der Waals surface area contributed by atoms with Crippen molar-refractivity contribution < 1.29 is 10.2 Å². The van der Waals surface area contributed by atoms with E-state index in [4.69, 9.17) is 11.6 Å². The molecule has 0 fully saturated rings. The average molecular weight is 243 g/mol. The molecule has 4 nitrogen and oxygen atoms in total. The molecule has 2 unspecified atom stereocenters. The van der Waals surface area contributed by atoms with E-state index in [1.807, 2.05) is 6.07 Å². The van der Waals surface area contributed by atoms with Crippen LogP contribution >= 0.6 is 11.6 Å². The Labute approximate surface area is 99.3 Å². The Hall–Kier alpha value is -0.840. The molecule has 0 aliphatic carbocycles. The zero-order valence-corrected chi connectivity index (χ0v) is 9.61. The van der Waals surface area contributed by atoms with E-state index in [1.165, 1.54) is 0 Å². The molecule has 0 bridgehead atoms. The number of pyridine rings is 1. The molecule has 0 spiro atoms. The molecule has 1 aromatic heterocycles. The first-order valence-corrected chi connectivity index (χ1v) is 5.90. The summed E-state index contributed by atoms with van der Waals surface area (Å²) < 4.78 is 0. The van der Waals surface area contributed by atoms with E-state index in [0.29, 0.717) is 17.9 Å². The van der Waals surface area contributed by atoms with Gasteiger partial charge in [-0.15, -0.1) is 11.6 Å². The van der Waals surface area contributed by atoms with Gasteiger partial charge in [0.15, 0.2) is 0 Å². The van der Waals surface area contributed by atoms with Crippen LogP contribution in [0.1, 0.15) is 23.7 Å². The van der Waals surface area contributed by atoms with E-state index in [1.54, 1.807) is 6.20 Å². The summed E-state index contributed by atoms with van der Waals surface area (Å²) in [5.41, 5.74) is 1.75. The first kappa shape index (κ1) is 11.6. The van der Waals surface area contributed by atoms with Crippen molar-refractivity contribution in [1.29, 1.82) is 0 Å². The minimum atomic E-state index is -0.905. The smallest absolute Gasteiger partial charge is 0.129 e. The number of anilines is 1. The highest BCUT2D eigenvalue weighted by Crippen LogP contribution is 2.25. The summed E-state index contributed by atoms with van der Waals surface area (Å²) in [7, 11) is 0. The number of nitrogens with one attached hydrogen (secondary N) is 1. The molecule has 0 aromatic carbocycles. The van der Waals surface area contributed by atoms with Crippen LogP contribution in [0.4, 0.5) is 5.82 Å². The topological polar surface area (TPSA) is 65.4 Å². The number of aliphatic hydroxyl groups is 2. The number of hydrogen-bond acceptors (Lipinski definition) is 4. The molecule has 5 heteroatoms. The van der Waals surface area contributed by atoms with Crippen LogP contribution in [0.15, 0.2) is 12.3 Å². The number of halogens is 1. The Morgan fingerprint density at radius 1 is 1.50 bits per heavy atom. The predicted octanol–water partition coefficient (Wildman–Crippen LogP) is 1.07. The Bertz CT molecular complexity index is 373. The summed E-state index contributed by atoms with van der Waals surface area (Å²) in [6, 6.07) is 1.89. The summed E-state index contributed by atoms with van der Waals surface area (Å²) in [6.45, 7) is 0.881. The van der Waals surface area contributed by atoms with Gasteiger partial charge in [0.25, 0.3) is 0 Å². The van der Waals surface area contributed by atoms with Crippen LogP contribution in [0.3, 0.4) is 0 Å². The van der Waals surface area contributed by atoms with Crippen molar-refractivity contribution in [1.82, 2.24) is 4.98 Å². The van der Waals surface area contributed by atoms with Crippen molar-refractivity contribution in [2.75, 3.05) is 17.7 Å². The standard InChI is InChI=1S/C11H15ClN2O2/c12-3-1-9(15)10(16)8-5-7-2-4-13-11(7)14-6-8/h5-6,9-10,15-16H,1-4H2,(H,13,14). The molecule has 0 amide bonds. The number of hydrogen-bond donors (Lipinski definition) is 3. The molecule has 2 atom stereocenters. The molecule has 1 aliphatic rings. The lowest BCUT2D eigenvalue weighted by molar-refractivity contribution is 0.0168. The molecule has 16 heavy (non-hydrogen) atoms. The van der Waals surface area contributed by atoms with E-state index in [0.717, 1.165) is 24.3 Å². The van der Waals surface area contributed by atoms with Crippen LogP contribution < -0.4 is 5.32 Å². The third-order valence-electron chi connectivity index (χ3n) is 2.79. The highest BCUT2D eigenvalue weighted by atomic mass is 35.5. The van der Waals surface area contributed by atoms with Crippen LogP contribution in [0.25, 0.3) is 0 Å². The summed E-state index contributed by atoms with van der Waals surface area (Å²) in [5, 5.41) is 22.7. The Morgan fingerprint density at radius 3 is 3.06 bits per heavy atom. The summed E-state index contributed by atoms with van der Waals surface area (Å²) in [5.74, 6) is 1.21. The van der Waals surface area contributed by atoms with E-state index in [9.17, 15) is 10.2 Å². The lowest BCUT2D eigenvalue weighted by Gasteiger charge is -2.17. The van der Waals surface area contributed by atoms with Gasteiger partial charge in [0.1, 0.15) is 11.9 Å². The average Bonchev–Trinajstić information content (AvgIpc) is 2.75. The van der Waals surface area contributed by atoms with Crippen LogP contribution in [-0.2, 0) is 6.42 Å². The first-order valence-electron chi connectivity index (χ1n) is 5.37. The Balaban J connectivity index is 2.14.